The second-order valence-electron chi connectivity index (χ2n) is 10.6. The van der Waals surface area contributed by atoms with Crippen molar-refractivity contribution in [3.63, 3.8) is 0 Å². The van der Waals surface area contributed by atoms with E-state index in [1.54, 1.807) is 11.3 Å². The van der Waals surface area contributed by atoms with Gasteiger partial charge in [-0.3, -0.25) is 4.57 Å². The molecule has 0 N–H and O–H groups in total. The van der Waals surface area contributed by atoms with E-state index in [0.717, 1.165) is 38.4 Å². The first-order valence-electron chi connectivity index (χ1n) is 14.4. The molecule has 8 rings (SSSR count). The second-order valence-corrected chi connectivity index (χ2v) is 11.6. The second kappa shape index (κ2) is 10.2. The van der Waals surface area contributed by atoms with Crippen LogP contribution in [0.1, 0.15) is 17.4 Å². The molecule has 5 aromatic carbocycles. The predicted molar refractivity (Wildman–Crippen MR) is 185 cm³/mol. The van der Waals surface area contributed by atoms with Crippen molar-refractivity contribution in [2.45, 2.75) is 6.92 Å². The molecule has 4 heteroatoms. The third-order valence-electron chi connectivity index (χ3n) is 8.10. The summed E-state index contributed by atoms with van der Waals surface area (Å²) < 4.78 is 3.49. The molecule has 0 saturated carbocycles. The summed E-state index contributed by atoms with van der Waals surface area (Å²) in [6, 6.07) is 40.2. The van der Waals surface area contributed by atoms with Crippen LogP contribution in [0.2, 0.25) is 0 Å². The minimum absolute atomic E-state index is 0.657. The van der Waals surface area contributed by atoms with Gasteiger partial charge in [-0.05, 0) is 29.8 Å². The van der Waals surface area contributed by atoms with Gasteiger partial charge in [-0.15, -0.1) is 11.3 Å². The number of benzene rings is 5. The summed E-state index contributed by atoms with van der Waals surface area (Å²) in [6.07, 6.45) is 6.30. The third kappa shape index (κ3) is 3.95. The van der Waals surface area contributed by atoms with Crippen LogP contribution in [-0.4, -0.2) is 14.5 Å². The minimum atomic E-state index is 0.657. The van der Waals surface area contributed by atoms with Crippen molar-refractivity contribution < 1.29 is 0 Å². The van der Waals surface area contributed by atoms with E-state index in [1.165, 1.54) is 37.2 Å². The van der Waals surface area contributed by atoms with Gasteiger partial charge in [0.15, 0.2) is 0 Å². The maximum atomic E-state index is 5.27. The fourth-order valence-corrected chi connectivity index (χ4v) is 7.48. The Kier molecular flexibility index (Phi) is 6.02. The Morgan fingerprint density at radius 1 is 0.674 bits per heavy atom. The van der Waals surface area contributed by atoms with Crippen molar-refractivity contribution >= 4 is 66.2 Å². The molecule has 0 aliphatic carbocycles. The van der Waals surface area contributed by atoms with Gasteiger partial charge >= 0.3 is 0 Å². The third-order valence-corrected chi connectivity index (χ3v) is 9.31. The van der Waals surface area contributed by atoms with Crippen molar-refractivity contribution in [2.24, 2.45) is 0 Å². The number of hydrogen-bond acceptors (Lipinski definition) is 3. The van der Waals surface area contributed by atoms with E-state index < -0.39 is 0 Å². The lowest BCUT2D eigenvalue weighted by molar-refractivity contribution is 0.998. The van der Waals surface area contributed by atoms with Crippen LogP contribution in [0.3, 0.4) is 0 Å². The van der Waals surface area contributed by atoms with E-state index in [0.29, 0.717) is 5.95 Å². The van der Waals surface area contributed by atoms with Crippen LogP contribution in [0, 0.1) is 0 Å². The highest BCUT2D eigenvalue weighted by molar-refractivity contribution is 7.21. The normalized spacial score (nSPS) is 11.8. The van der Waals surface area contributed by atoms with Gasteiger partial charge in [0, 0.05) is 37.7 Å². The van der Waals surface area contributed by atoms with Gasteiger partial charge in [-0.25, -0.2) is 9.97 Å². The molecule has 0 aliphatic heterocycles. The SMILES string of the molecule is C=Cc1sc2c(c1/C=C\C)c1ccccc1c1c3ccccc3n(-c3nc(-c4ccccc4)cc(-c4ccccc4)n3)c21. The van der Waals surface area contributed by atoms with Crippen molar-refractivity contribution in [2.75, 3.05) is 0 Å². The van der Waals surface area contributed by atoms with E-state index in [1.807, 2.05) is 18.2 Å². The zero-order chi connectivity index (χ0) is 28.9. The summed E-state index contributed by atoms with van der Waals surface area (Å²) in [5.74, 6) is 0.657. The maximum Gasteiger partial charge on any atom is 0.235 e. The highest BCUT2D eigenvalue weighted by Gasteiger charge is 2.24. The summed E-state index contributed by atoms with van der Waals surface area (Å²) in [6.45, 7) is 6.26. The van der Waals surface area contributed by atoms with Crippen LogP contribution in [-0.2, 0) is 0 Å². The molecule has 43 heavy (non-hydrogen) atoms. The first-order chi connectivity index (χ1) is 21.3. The molecule has 0 atom stereocenters. The molecule has 0 fully saturated rings. The minimum Gasteiger partial charge on any atom is -0.276 e. The average molecular weight is 570 g/mol. The molecule has 204 valence electrons. The number of fused-ring (bicyclic) bond motifs is 8. The van der Waals surface area contributed by atoms with Gasteiger partial charge in [0.1, 0.15) is 0 Å². The average Bonchev–Trinajstić information content (AvgIpc) is 3.62. The van der Waals surface area contributed by atoms with Crippen molar-refractivity contribution in [3.8, 4) is 28.5 Å². The Labute approximate surface area is 253 Å². The molecule has 0 saturated heterocycles. The molecule has 0 radical (unpaired) electrons. The number of aromatic nitrogens is 3. The Balaban J connectivity index is 1.59. The summed E-state index contributed by atoms with van der Waals surface area (Å²) in [5.41, 5.74) is 7.31. The standard InChI is InChI=1S/C39H27N3S/c1-3-15-30-34(4-2)43-38-36(30)28-21-12-11-20-27(28)35-29-22-13-14-23-33(29)42(37(35)38)39-40-31(25-16-7-5-8-17-25)24-32(41-39)26-18-9-6-10-19-26/h3-24H,2H2,1H3/b15-3-. The Bertz CT molecular complexity index is 2300. The van der Waals surface area contributed by atoms with Crippen molar-refractivity contribution in [1.29, 1.82) is 0 Å². The van der Waals surface area contributed by atoms with E-state index in [4.69, 9.17) is 9.97 Å². The first kappa shape index (κ1) is 25.4. The zero-order valence-electron chi connectivity index (χ0n) is 23.7. The van der Waals surface area contributed by atoms with Crippen LogP contribution in [0.4, 0.5) is 0 Å². The molecule has 3 aromatic heterocycles. The van der Waals surface area contributed by atoms with Gasteiger partial charge < -0.3 is 0 Å². The van der Waals surface area contributed by atoms with Crippen LogP contribution in [0.25, 0.3) is 83.3 Å². The quantitative estimate of drug-likeness (QED) is 0.206. The zero-order valence-corrected chi connectivity index (χ0v) is 24.5. The largest absolute Gasteiger partial charge is 0.276 e. The number of nitrogens with zero attached hydrogens (tertiary/aromatic N) is 3. The Morgan fingerprint density at radius 3 is 1.84 bits per heavy atom. The van der Waals surface area contributed by atoms with Crippen LogP contribution >= 0.6 is 11.3 Å². The van der Waals surface area contributed by atoms with Gasteiger partial charge in [0.2, 0.25) is 5.95 Å². The van der Waals surface area contributed by atoms with Crippen LogP contribution in [0.5, 0.6) is 0 Å². The van der Waals surface area contributed by atoms with Gasteiger partial charge in [-0.1, -0.05) is 128 Å². The van der Waals surface area contributed by atoms with Crippen LogP contribution in [0.15, 0.2) is 128 Å². The molecule has 0 bridgehead atoms. The van der Waals surface area contributed by atoms with Crippen LogP contribution < -0.4 is 0 Å². The lowest BCUT2D eigenvalue weighted by atomic mass is 9.97. The monoisotopic (exact) mass is 569 g/mol. The van der Waals surface area contributed by atoms with Gasteiger partial charge in [0.05, 0.1) is 27.1 Å². The number of rotatable bonds is 5. The lowest BCUT2D eigenvalue weighted by Crippen LogP contribution is -2.04. The maximum absolute atomic E-state index is 5.27. The lowest BCUT2D eigenvalue weighted by Gasteiger charge is -2.12. The molecular formula is C39H27N3S. The number of allylic oxidation sites excluding steroid dienone is 1. The van der Waals surface area contributed by atoms with E-state index in [2.05, 4.69) is 133 Å². The van der Waals surface area contributed by atoms with E-state index >= 15 is 0 Å². The van der Waals surface area contributed by atoms with Crippen molar-refractivity contribution in [3.05, 3.63) is 138 Å². The number of hydrogen-bond donors (Lipinski definition) is 0. The highest BCUT2D eigenvalue weighted by atomic mass is 32.1. The van der Waals surface area contributed by atoms with Crippen molar-refractivity contribution in [1.82, 2.24) is 14.5 Å². The topological polar surface area (TPSA) is 30.7 Å². The van der Waals surface area contributed by atoms with E-state index in [9.17, 15) is 0 Å². The summed E-state index contributed by atoms with van der Waals surface area (Å²) in [5, 5.41) is 6.12. The molecule has 0 unspecified atom stereocenters. The molecule has 3 nitrogen and oxygen atoms in total. The summed E-state index contributed by atoms with van der Waals surface area (Å²) in [7, 11) is 0. The molecular weight excluding hydrogens is 543 g/mol. The van der Waals surface area contributed by atoms with Gasteiger partial charge in [-0.2, -0.15) is 0 Å². The predicted octanol–water partition coefficient (Wildman–Crippen LogP) is 11.0. The Morgan fingerprint density at radius 2 is 1.23 bits per heavy atom. The smallest absolute Gasteiger partial charge is 0.235 e. The number of thiophene rings is 1. The summed E-state index contributed by atoms with van der Waals surface area (Å²) in [4.78, 5) is 11.7. The van der Waals surface area contributed by atoms with E-state index in [-0.39, 0.29) is 0 Å². The highest BCUT2D eigenvalue weighted by Crippen LogP contribution is 2.47. The molecule has 3 heterocycles. The molecule has 0 amide bonds. The molecule has 0 aliphatic rings. The first-order valence-corrected chi connectivity index (χ1v) is 15.2. The molecule has 8 aromatic rings. The summed E-state index contributed by atoms with van der Waals surface area (Å²) >= 11 is 1.79. The fourth-order valence-electron chi connectivity index (χ4n) is 6.28. The molecule has 0 spiro atoms. The van der Waals surface area contributed by atoms with Gasteiger partial charge in [0.25, 0.3) is 0 Å². The number of para-hydroxylation sites is 1. The Hall–Kier alpha value is -5.32. The fraction of sp³-hybridized carbons (Fsp3) is 0.0256.